The average Bonchev–Trinajstić information content (AvgIpc) is 2.71. The lowest BCUT2D eigenvalue weighted by Gasteiger charge is -2.35. The van der Waals surface area contributed by atoms with Gasteiger partial charge in [0.15, 0.2) is 0 Å². The number of hydrogen-bond acceptors (Lipinski definition) is 5. The number of rotatable bonds is 6. The molecule has 1 N–H and O–H groups in total. The normalized spacial score (nSPS) is 20.6. The molecule has 9 heteroatoms. The Morgan fingerprint density at radius 2 is 2.14 bits per heavy atom. The molecule has 0 amide bonds. The zero-order valence-corrected chi connectivity index (χ0v) is 15.7. The Morgan fingerprint density at radius 1 is 1.45 bits per heavy atom. The highest BCUT2D eigenvalue weighted by molar-refractivity contribution is 9.10. The first-order chi connectivity index (χ1) is 10.2. The van der Waals surface area contributed by atoms with E-state index in [0.29, 0.717) is 13.0 Å². The van der Waals surface area contributed by atoms with Crippen LogP contribution in [0, 0.1) is 0 Å². The summed E-state index contributed by atoms with van der Waals surface area (Å²) in [6.07, 6.45) is 1.56. The highest BCUT2D eigenvalue weighted by Crippen LogP contribution is 2.43. The standard InChI is InChI=1S/C13H15BrCl2N2O3S/c1-22(20,21)6-2-5-18-11-4-3-9(14)7-10(11)17-13(18,8-15)12(16)19/h3-4,7,17H,2,5-6,8H2,1H3. The molecule has 0 bridgehead atoms. The van der Waals surface area contributed by atoms with Crippen LogP contribution in [0.15, 0.2) is 22.7 Å². The summed E-state index contributed by atoms with van der Waals surface area (Å²) in [7, 11) is -3.07. The number of benzene rings is 1. The van der Waals surface area contributed by atoms with Crippen molar-refractivity contribution in [2.45, 2.75) is 12.1 Å². The fraction of sp³-hybridized carbons (Fsp3) is 0.462. The van der Waals surface area contributed by atoms with Crippen LogP contribution in [0.3, 0.4) is 0 Å². The summed E-state index contributed by atoms with van der Waals surface area (Å²) < 4.78 is 23.5. The molecule has 1 aromatic carbocycles. The number of anilines is 2. The molecule has 1 aliphatic heterocycles. The Balaban J connectivity index is 2.34. The summed E-state index contributed by atoms with van der Waals surface area (Å²) in [6.45, 7) is 0.347. The first kappa shape index (κ1) is 17.8. The molecular formula is C13H15BrCl2N2O3S. The van der Waals surface area contributed by atoms with Crippen LogP contribution in [0.2, 0.25) is 0 Å². The van der Waals surface area contributed by atoms with Crippen molar-refractivity contribution in [1.82, 2.24) is 0 Å². The quantitative estimate of drug-likeness (QED) is 0.556. The minimum atomic E-state index is -3.07. The van der Waals surface area contributed by atoms with Gasteiger partial charge in [-0.05, 0) is 36.2 Å². The number of halogens is 3. The Hall–Kier alpha value is -0.500. The van der Waals surface area contributed by atoms with Crippen LogP contribution in [0.1, 0.15) is 6.42 Å². The number of fused-ring (bicyclic) bond motifs is 1. The van der Waals surface area contributed by atoms with E-state index >= 15 is 0 Å². The zero-order chi connectivity index (χ0) is 16.5. The molecule has 0 aromatic heterocycles. The van der Waals surface area contributed by atoms with Gasteiger partial charge in [-0.15, -0.1) is 11.6 Å². The maximum Gasteiger partial charge on any atom is 0.269 e. The van der Waals surface area contributed by atoms with Crippen molar-refractivity contribution in [2.24, 2.45) is 0 Å². The summed E-state index contributed by atoms with van der Waals surface area (Å²) in [5.74, 6) is -0.0231. The molecule has 0 aliphatic carbocycles. The molecule has 0 saturated carbocycles. The Labute approximate surface area is 148 Å². The van der Waals surface area contributed by atoms with Crippen molar-refractivity contribution in [3.8, 4) is 0 Å². The molecule has 122 valence electrons. The minimum Gasteiger partial charge on any atom is -0.353 e. The van der Waals surface area contributed by atoms with E-state index in [0.717, 1.165) is 15.8 Å². The highest BCUT2D eigenvalue weighted by Gasteiger charge is 2.48. The van der Waals surface area contributed by atoms with E-state index in [2.05, 4.69) is 21.2 Å². The smallest absolute Gasteiger partial charge is 0.269 e. The lowest BCUT2D eigenvalue weighted by Crippen LogP contribution is -2.57. The first-order valence-corrected chi connectivity index (χ1v) is 10.3. The SMILES string of the molecule is CS(=O)(=O)CCCN1c2ccc(Br)cc2NC1(CCl)C(=O)Cl. The van der Waals surface area contributed by atoms with Gasteiger partial charge in [-0.25, -0.2) is 8.42 Å². The van der Waals surface area contributed by atoms with E-state index in [1.54, 1.807) is 4.90 Å². The van der Waals surface area contributed by atoms with Gasteiger partial charge in [-0.1, -0.05) is 15.9 Å². The number of nitrogens with zero attached hydrogens (tertiary/aromatic N) is 1. The molecule has 5 nitrogen and oxygen atoms in total. The van der Waals surface area contributed by atoms with E-state index in [-0.39, 0.29) is 11.6 Å². The third kappa shape index (κ3) is 3.53. The van der Waals surface area contributed by atoms with Crippen LogP contribution in [0.25, 0.3) is 0 Å². The van der Waals surface area contributed by atoms with Gasteiger partial charge in [0.25, 0.3) is 5.24 Å². The fourth-order valence-electron chi connectivity index (χ4n) is 2.45. The minimum absolute atomic E-state index is 0.0319. The van der Waals surface area contributed by atoms with Gasteiger partial charge >= 0.3 is 0 Å². The monoisotopic (exact) mass is 428 g/mol. The van der Waals surface area contributed by atoms with Crippen molar-refractivity contribution in [2.75, 3.05) is 34.7 Å². The largest absolute Gasteiger partial charge is 0.353 e. The van der Waals surface area contributed by atoms with E-state index < -0.39 is 20.7 Å². The fourth-order valence-corrected chi connectivity index (χ4v) is 4.08. The summed E-state index contributed by atoms with van der Waals surface area (Å²) in [5, 5.41) is 2.44. The molecule has 22 heavy (non-hydrogen) atoms. The Bertz CT molecular complexity index is 699. The van der Waals surface area contributed by atoms with Crippen LogP contribution in [-0.4, -0.2) is 43.8 Å². The number of nitrogens with one attached hydrogen (secondary N) is 1. The highest BCUT2D eigenvalue weighted by atomic mass is 79.9. The molecule has 2 rings (SSSR count). The van der Waals surface area contributed by atoms with Gasteiger partial charge < -0.3 is 10.2 Å². The van der Waals surface area contributed by atoms with E-state index in [9.17, 15) is 13.2 Å². The maximum atomic E-state index is 12.0. The van der Waals surface area contributed by atoms with Gasteiger partial charge in [0, 0.05) is 17.3 Å². The van der Waals surface area contributed by atoms with Crippen LogP contribution >= 0.6 is 39.1 Å². The Morgan fingerprint density at radius 3 is 2.68 bits per heavy atom. The summed E-state index contributed by atoms with van der Waals surface area (Å²) >= 11 is 15.2. The van der Waals surface area contributed by atoms with Crippen LogP contribution in [-0.2, 0) is 14.6 Å². The van der Waals surface area contributed by atoms with Crippen LogP contribution < -0.4 is 10.2 Å². The molecule has 0 radical (unpaired) electrons. The number of alkyl halides is 1. The molecule has 1 heterocycles. The van der Waals surface area contributed by atoms with Crippen LogP contribution in [0.4, 0.5) is 11.4 Å². The zero-order valence-electron chi connectivity index (χ0n) is 11.8. The number of sulfone groups is 1. The Kier molecular flexibility index (Phi) is 5.31. The van der Waals surface area contributed by atoms with Gasteiger partial charge in [-0.3, -0.25) is 4.79 Å². The van der Waals surface area contributed by atoms with Crippen LogP contribution in [0.5, 0.6) is 0 Å². The lowest BCUT2D eigenvalue weighted by molar-refractivity contribution is -0.114. The molecule has 1 atom stereocenters. The third-order valence-electron chi connectivity index (χ3n) is 3.47. The molecule has 0 saturated heterocycles. The second-order valence-electron chi connectivity index (χ2n) is 5.19. The average molecular weight is 430 g/mol. The summed E-state index contributed by atoms with van der Waals surface area (Å²) in [4.78, 5) is 13.7. The van der Waals surface area contributed by atoms with Crippen molar-refractivity contribution in [3.05, 3.63) is 22.7 Å². The number of carbonyl (C=O) groups is 1. The molecule has 0 spiro atoms. The number of carbonyl (C=O) groups excluding carboxylic acids is 1. The van der Waals surface area contributed by atoms with Crippen molar-refractivity contribution < 1.29 is 13.2 Å². The molecule has 0 fully saturated rings. The molecule has 1 unspecified atom stereocenters. The third-order valence-corrected chi connectivity index (χ3v) is 5.69. The van der Waals surface area contributed by atoms with E-state index in [1.807, 2.05) is 18.2 Å². The van der Waals surface area contributed by atoms with Gasteiger partial charge in [0.1, 0.15) is 9.84 Å². The second-order valence-corrected chi connectivity index (χ2v) is 8.98. The predicted octanol–water partition coefficient (Wildman–Crippen LogP) is 2.82. The summed E-state index contributed by atoms with van der Waals surface area (Å²) in [6, 6.07) is 5.50. The lowest BCUT2D eigenvalue weighted by atomic mass is 10.2. The number of hydrogen-bond donors (Lipinski definition) is 1. The molecule has 1 aliphatic rings. The van der Waals surface area contributed by atoms with Crippen molar-refractivity contribution >= 4 is 65.6 Å². The second kappa shape index (κ2) is 6.55. The van der Waals surface area contributed by atoms with Crippen molar-refractivity contribution in [1.29, 1.82) is 0 Å². The first-order valence-electron chi connectivity index (χ1n) is 6.48. The van der Waals surface area contributed by atoms with Gasteiger partial charge in [0.05, 0.1) is 23.0 Å². The van der Waals surface area contributed by atoms with E-state index in [1.165, 1.54) is 6.26 Å². The topological polar surface area (TPSA) is 66.5 Å². The predicted molar refractivity (Wildman–Crippen MR) is 93.7 cm³/mol. The molecular weight excluding hydrogens is 415 g/mol. The van der Waals surface area contributed by atoms with Gasteiger partial charge in [-0.2, -0.15) is 0 Å². The summed E-state index contributed by atoms with van der Waals surface area (Å²) in [5.41, 5.74) is 0.235. The van der Waals surface area contributed by atoms with E-state index in [4.69, 9.17) is 23.2 Å². The maximum absolute atomic E-state index is 12.0. The van der Waals surface area contributed by atoms with Crippen molar-refractivity contribution in [3.63, 3.8) is 0 Å². The molecule has 1 aromatic rings. The van der Waals surface area contributed by atoms with Gasteiger partial charge in [0.2, 0.25) is 5.66 Å².